The molecule has 3 atom stereocenters. The molecule has 3 rings (SSSR count). The molecular formula is C16H23NO. The smallest absolute Gasteiger partial charge is 0.0612 e. The van der Waals surface area contributed by atoms with Crippen LogP contribution >= 0.6 is 0 Å². The van der Waals surface area contributed by atoms with Gasteiger partial charge in [0.1, 0.15) is 0 Å². The normalized spacial score (nSPS) is 32.4. The molecule has 2 heteroatoms. The molecule has 1 heterocycles. The molecule has 1 aromatic carbocycles. The predicted molar refractivity (Wildman–Crippen MR) is 73.6 cm³/mol. The van der Waals surface area contributed by atoms with E-state index in [0.29, 0.717) is 5.92 Å². The van der Waals surface area contributed by atoms with Gasteiger partial charge in [-0.05, 0) is 62.2 Å². The van der Waals surface area contributed by atoms with E-state index in [4.69, 9.17) is 0 Å². The molecule has 1 aliphatic carbocycles. The minimum atomic E-state index is -0.134. The summed E-state index contributed by atoms with van der Waals surface area (Å²) in [5.74, 6) is 1.26. The van der Waals surface area contributed by atoms with Gasteiger partial charge in [0, 0.05) is 6.54 Å². The molecule has 0 amide bonds. The van der Waals surface area contributed by atoms with Crippen molar-refractivity contribution in [3.8, 4) is 0 Å². The average Bonchev–Trinajstić information content (AvgIpc) is 2.76. The predicted octanol–water partition coefficient (Wildman–Crippen LogP) is 2.10. The first-order chi connectivity index (χ1) is 8.72. The zero-order valence-electron chi connectivity index (χ0n) is 11.2. The van der Waals surface area contributed by atoms with Crippen molar-refractivity contribution < 1.29 is 5.11 Å². The van der Waals surface area contributed by atoms with Gasteiger partial charge in [0.25, 0.3) is 0 Å². The van der Waals surface area contributed by atoms with Crippen molar-refractivity contribution in [2.45, 2.75) is 31.8 Å². The highest BCUT2D eigenvalue weighted by Crippen LogP contribution is 2.32. The van der Waals surface area contributed by atoms with Crippen molar-refractivity contribution in [1.29, 1.82) is 0 Å². The maximum atomic E-state index is 10.3. The van der Waals surface area contributed by atoms with E-state index in [-0.39, 0.29) is 6.10 Å². The Morgan fingerprint density at radius 3 is 2.61 bits per heavy atom. The van der Waals surface area contributed by atoms with Gasteiger partial charge in [-0.3, -0.25) is 0 Å². The van der Waals surface area contributed by atoms with E-state index in [1.54, 1.807) is 0 Å². The zero-order chi connectivity index (χ0) is 12.5. The van der Waals surface area contributed by atoms with Crippen LogP contribution in [0.15, 0.2) is 24.3 Å². The minimum absolute atomic E-state index is 0.134. The summed E-state index contributed by atoms with van der Waals surface area (Å²) >= 11 is 0. The first kappa shape index (κ1) is 12.2. The number of hydrogen-bond acceptors (Lipinski definition) is 2. The molecule has 2 aliphatic rings. The molecule has 1 aromatic rings. The number of likely N-dealkylation sites (tertiary alicyclic amines) is 1. The molecule has 1 unspecified atom stereocenters. The van der Waals surface area contributed by atoms with Crippen LogP contribution in [0.5, 0.6) is 0 Å². The largest absolute Gasteiger partial charge is 0.392 e. The zero-order valence-corrected chi connectivity index (χ0v) is 11.2. The van der Waals surface area contributed by atoms with E-state index in [9.17, 15) is 5.11 Å². The third-order valence-corrected chi connectivity index (χ3v) is 4.70. The van der Waals surface area contributed by atoms with Gasteiger partial charge in [-0.15, -0.1) is 0 Å². The lowest BCUT2D eigenvalue weighted by atomic mass is 9.77. The summed E-state index contributed by atoms with van der Waals surface area (Å²) in [4.78, 5) is 2.41. The molecule has 2 nitrogen and oxygen atoms in total. The van der Waals surface area contributed by atoms with E-state index >= 15 is 0 Å². The van der Waals surface area contributed by atoms with Gasteiger partial charge < -0.3 is 10.0 Å². The maximum Gasteiger partial charge on any atom is 0.0612 e. The summed E-state index contributed by atoms with van der Waals surface area (Å²) in [6, 6.07) is 8.60. The van der Waals surface area contributed by atoms with Gasteiger partial charge in [0.2, 0.25) is 0 Å². The fourth-order valence-corrected chi connectivity index (χ4v) is 3.65. The summed E-state index contributed by atoms with van der Waals surface area (Å²) in [6.07, 6.45) is 4.29. The van der Waals surface area contributed by atoms with Crippen LogP contribution in [0.4, 0.5) is 0 Å². The molecule has 1 aliphatic heterocycles. The average molecular weight is 245 g/mol. The van der Waals surface area contributed by atoms with Crippen LogP contribution in [-0.4, -0.2) is 36.2 Å². The second-order valence-corrected chi connectivity index (χ2v) is 6.16. The van der Waals surface area contributed by atoms with Crippen molar-refractivity contribution in [1.82, 2.24) is 4.90 Å². The number of benzene rings is 1. The van der Waals surface area contributed by atoms with E-state index < -0.39 is 0 Å². The lowest BCUT2D eigenvalue weighted by Gasteiger charge is -2.31. The van der Waals surface area contributed by atoms with Crippen molar-refractivity contribution in [3.63, 3.8) is 0 Å². The molecule has 1 fully saturated rings. The first-order valence-electron chi connectivity index (χ1n) is 7.16. The Balaban J connectivity index is 1.67. The number of rotatable bonds is 2. The van der Waals surface area contributed by atoms with Crippen LogP contribution < -0.4 is 0 Å². The van der Waals surface area contributed by atoms with Gasteiger partial charge >= 0.3 is 0 Å². The van der Waals surface area contributed by atoms with Crippen molar-refractivity contribution in [2.75, 3.05) is 20.1 Å². The van der Waals surface area contributed by atoms with Crippen LogP contribution in [0, 0.1) is 11.8 Å². The first-order valence-corrected chi connectivity index (χ1v) is 7.16. The second kappa shape index (κ2) is 5.02. The van der Waals surface area contributed by atoms with Crippen molar-refractivity contribution in [3.05, 3.63) is 35.4 Å². The lowest BCUT2D eigenvalue weighted by Crippen LogP contribution is -2.32. The fourth-order valence-electron chi connectivity index (χ4n) is 3.65. The SMILES string of the molecule is CN1CCC(C[C@H]2Cc3ccccc3C[C@@H]2O)C1. The molecule has 0 saturated carbocycles. The van der Waals surface area contributed by atoms with Crippen LogP contribution in [0.1, 0.15) is 24.0 Å². The Kier molecular flexibility index (Phi) is 3.40. The number of fused-ring (bicyclic) bond motifs is 1. The molecule has 1 N–H and O–H groups in total. The van der Waals surface area contributed by atoms with Crippen LogP contribution in [-0.2, 0) is 12.8 Å². The van der Waals surface area contributed by atoms with Gasteiger partial charge in [0.05, 0.1) is 6.10 Å². The van der Waals surface area contributed by atoms with Gasteiger partial charge in [0.15, 0.2) is 0 Å². The van der Waals surface area contributed by atoms with E-state index in [1.165, 1.54) is 37.1 Å². The summed E-state index contributed by atoms with van der Waals surface area (Å²) in [5.41, 5.74) is 2.81. The Morgan fingerprint density at radius 1 is 1.22 bits per heavy atom. The standard InChI is InChI=1S/C16H23NO/c1-17-7-6-12(11-17)8-15-9-13-4-2-3-5-14(13)10-16(15)18/h2-5,12,15-16,18H,6-11H2,1H3/t12?,15-,16-/m0/s1. The van der Waals surface area contributed by atoms with E-state index in [2.05, 4.69) is 36.2 Å². The highest BCUT2D eigenvalue weighted by Gasteiger charge is 2.30. The van der Waals surface area contributed by atoms with Gasteiger partial charge in [-0.1, -0.05) is 24.3 Å². The van der Waals surface area contributed by atoms with Crippen LogP contribution in [0.3, 0.4) is 0 Å². The van der Waals surface area contributed by atoms with E-state index in [0.717, 1.165) is 18.8 Å². The summed E-state index contributed by atoms with van der Waals surface area (Å²) < 4.78 is 0. The topological polar surface area (TPSA) is 23.5 Å². The molecular weight excluding hydrogens is 222 g/mol. The van der Waals surface area contributed by atoms with Crippen molar-refractivity contribution in [2.24, 2.45) is 11.8 Å². The molecule has 0 spiro atoms. The number of nitrogens with zero attached hydrogens (tertiary/aromatic N) is 1. The number of hydrogen-bond donors (Lipinski definition) is 1. The third-order valence-electron chi connectivity index (χ3n) is 4.70. The highest BCUT2D eigenvalue weighted by molar-refractivity contribution is 5.30. The fraction of sp³-hybridized carbons (Fsp3) is 0.625. The van der Waals surface area contributed by atoms with Gasteiger partial charge in [-0.2, -0.15) is 0 Å². The summed E-state index contributed by atoms with van der Waals surface area (Å²) in [6.45, 7) is 2.44. The third kappa shape index (κ3) is 2.45. The molecule has 0 radical (unpaired) electrons. The second-order valence-electron chi connectivity index (χ2n) is 6.16. The Bertz CT molecular complexity index is 417. The number of aliphatic hydroxyl groups excluding tert-OH is 1. The molecule has 98 valence electrons. The highest BCUT2D eigenvalue weighted by atomic mass is 16.3. The number of aliphatic hydroxyl groups is 1. The Morgan fingerprint density at radius 2 is 1.94 bits per heavy atom. The van der Waals surface area contributed by atoms with Crippen LogP contribution in [0.2, 0.25) is 0 Å². The lowest BCUT2D eigenvalue weighted by molar-refractivity contribution is 0.0849. The van der Waals surface area contributed by atoms with Crippen molar-refractivity contribution >= 4 is 0 Å². The van der Waals surface area contributed by atoms with E-state index in [1.807, 2.05) is 0 Å². The molecule has 1 saturated heterocycles. The van der Waals surface area contributed by atoms with Crippen LogP contribution in [0.25, 0.3) is 0 Å². The molecule has 0 aromatic heterocycles. The molecule has 0 bridgehead atoms. The summed E-state index contributed by atoms with van der Waals surface area (Å²) in [7, 11) is 2.20. The monoisotopic (exact) mass is 245 g/mol. The van der Waals surface area contributed by atoms with Gasteiger partial charge in [-0.25, -0.2) is 0 Å². The maximum absolute atomic E-state index is 10.3. The Labute approximate surface area is 110 Å². The summed E-state index contributed by atoms with van der Waals surface area (Å²) in [5, 5.41) is 10.3. The quantitative estimate of drug-likeness (QED) is 0.862. The minimum Gasteiger partial charge on any atom is -0.392 e. The Hall–Kier alpha value is -0.860. The molecule has 18 heavy (non-hydrogen) atoms.